The van der Waals surface area contributed by atoms with E-state index in [4.69, 9.17) is 18.5 Å². The van der Waals surface area contributed by atoms with Gasteiger partial charge in [0.25, 0.3) is 0 Å². The molecule has 0 rings (SSSR count). The maximum absolute atomic E-state index is 12.5. The SMILES string of the molecule is CC/C=C\C/C=C\C/C=C\C/C=C\CCC(=O)OC(COC(=O)CCCCCCCCCCCCCCCCCCCCC)COP(=O)(O)OCC. The van der Waals surface area contributed by atoms with Crippen molar-refractivity contribution in [3.8, 4) is 0 Å². The lowest BCUT2D eigenvalue weighted by molar-refractivity contribution is -0.161. The first-order valence-electron chi connectivity index (χ1n) is 20.9. The van der Waals surface area contributed by atoms with E-state index in [1.54, 1.807) is 6.92 Å². The van der Waals surface area contributed by atoms with Crippen LogP contribution in [0.15, 0.2) is 48.6 Å². The molecule has 0 saturated heterocycles. The molecule has 0 bridgehead atoms. The van der Waals surface area contributed by atoms with Gasteiger partial charge in [-0.2, -0.15) is 0 Å². The molecule has 52 heavy (non-hydrogen) atoms. The normalized spacial score (nSPS) is 13.8. The number of rotatable bonds is 38. The Kier molecular flexibility index (Phi) is 37.2. The third kappa shape index (κ3) is 37.8. The number of phosphoric acid groups is 1. The van der Waals surface area contributed by atoms with Crippen LogP contribution in [0.5, 0.6) is 0 Å². The van der Waals surface area contributed by atoms with E-state index in [-0.39, 0.29) is 32.0 Å². The van der Waals surface area contributed by atoms with Crippen molar-refractivity contribution in [1.82, 2.24) is 0 Å². The molecule has 0 radical (unpaired) electrons. The second-order valence-corrected chi connectivity index (χ2v) is 15.1. The van der Waals surface area contributed by atoms with Gasteiger partial charge in [-0.25, -0.2) is 4.57 Å². The Bertz CT molecular complexity index is 990. The average Bonchev–Trinajstić information content (AvgIpc) is 3.12. The van der Waals surface area contributed by atoms with Crippen molar-refractivity contribution >= 4 is 19.8 Å². The summed E-state index contributed by atoms with van der Waals surface area (Å²) in [6, 6.07) is 0. The Balaban J connectivity index is 4.11. The van der Waals surface area contributed by atoms with Gasteiger partial charge in [0.15, 0.2) is 6.10 Å². The lowest BCUT2D eigenvalue weighted by Gasteiger charge is -2.19. The molecular formula is C43H77O8P. The lowest BCUT2D eigenvalue weighted by Crippen LogP contribution is -2.29. The zero-order chi connectivity index (χ0) is 38.2. The quantitative estimate of drug-likeness (QED) is 0.0287. The number of hydrogen-bond acceptors (Lipinski definition) is 7. The summed E-state index contributed by atoms with van der Waals surface area (Å²) in [6.07, 6.45) is 44.8. The number of phosphoric ester groups is 1. The van der Waals surface area contributed by atoms with E-state index in [1.807, 2.05) is 12.2 Å². The van der Waals surface area contributed by atoms with Crippen LogP contribution in [0.3, 0.4) is 0 Å². The highest BCUT2D eigenvalue weighted by molar-refractivity contribution is 7.47. The minimum absolute atomic E-state index is 0.0124. The second-order valence-electron chi connectivity index (χ2n) is 13.6. The molecule has 0 amide bonds. The van der Waals surface area contributed by atoms with Crippen molar-refractivity contribution in [3.63, 3.8) is 0 Å². The summed E-state index contributed by atoms with van der Waals surface area (Å²) in [6.45, 7) is 5.28. The van der Waals surface area contributed by atoms with Crippen LogP contribution in [0.2, 0.25) is 0 Å². The minimum Gasteiger partial charge on any atom is -0.462 e. The van der Waals surface area contributed by atoms with E-state index in [0.29, 0.717) is 6.42 Å². The maximum atomic E-state index is 12.5. The van der Waals surface area contributed by atoms with Gasteiger partial charge in [0.2, 0.25) is 0 Å². The summed E-state index contributed by atoms with van der Waals surface area (Å²) in [7, 11) is -4.29. The molecule has 0 spiro atoms. The van der Waals surface area contributed by atoms with E-state index in [9.17, 15) is 19.0 Å². The molecular weight excluding hydrogens is 675 g/mol. The highest BCUT2D eigenvalue weighted by Crippen LogP contribution is 2.43. The predicted octanol–water partition coefficient (Wildman–Crippen LogP) is 13.0. The van der Waals surface area contributed by atoms with Gasteiger partial charge in [0.1, 0.15) is 6.61 Å². The van der Waals surface area contributed by atoms with Gasteiger partial charge in [0.05, 0.1) is 13.2 Å². The van der Waals surface area contributed by atoms with Crippen LogP contribution < -0.4 is 0 Å². The monoisotopic (exact) mass is 753 g/mol. The predicted molar refractivity (Wildman–Crippen MR) is 216 cm³/mol. The largest absolute Gasteiger partial charge is 0.472 e. The maximum Gasteiger partial charge on any atom is 0.472 e. The molecule has 8 nitrogen and oxygen atoms in total. The Morgan fingerprint density at radius 2 is 0.981 bits per heavy atom. The molecule has 0 aliphatic rings. The molecule has 0 saturated carbocycles. The number of allylic oxidation sites excluding steroid dienone is 8. The molecule has 0 heterocycles. The number of carbonyl (C=O) groups excluding carboxylic acids is 2. The molecule has 0 aliphatic carbocycles. The van der Waals surface area contributed by atoms with E-state index in [2.05, 4.69) is 50.3 Å². The fourth-order valence-corrected chi connectivity index (χ4v) is 6.40. The van der Waals surface area contributed by atoms with Crippen LogP contribution >= 0.6 is 7.82 Å². The van der Waals surface area contributed by atoms with Crippen LogP contribution in [-0.4, -0.2) is 42.8 Å². The molecule has 0 aromatic heterocycles. The molecule has 2 unspecified atom stereocenters. The van der Waals surface area contributed by atoms with Crippen molar-refractivity contribution in [2.75, 3.05) is 19.8 Å². The first-order valence-corrected chi connectivity index (χ1v) is 22.4. The molecule has 0 aromatic carbocycles. The number of esters is 2. The van der Waals surface area contributed by atoms with Crippen LogP contribution in [0.1, 0.15) is 188 Å². The van der Waals surface area contributed by atoms with Crippen LogP contribution in [0.4, 0.5) is 0 Å². The summed E-state index contributed by atoms with van der Waals surface area (Å²) in [5, 5.41) is 0. The van der Waals surface area contributed by atoms with Gasteiger partial charge < -0.3 is 14.4 Å². The molecule has 1 N–H and O–H groups in total. The molecule has 9 heteroatoms. The number of ether oxygens (including phenoxy) is 2. The van der Waals surface area contributed by atoms with Crippen molar-refractivity contribution in [2.24, 2.45) is 0 Å². The summed E-state index contributed by atoms with van der Waals surface area (Å²) in [4.78, 5) is 34.6. The van der Waals surface area contributed by atoms with Gasteiger partial charge >= 0.3 is 19.8 Å². The van der Waals surface area contributed by atoms with E-state index >= 15 is 0 Å². The summed E-state index contributed by atoms with van der Waals surface area (Å²) in [5.41, 5.74) is 0. The first-order chi connectivity index (χ1) is 25.3. The van der Waals surface area contributed by atoms with Gasteiger partial charge in [-0.3, -0.25) is 18.6 Å². The van der Waals surface area contributed by atoms with Crippen LogP contribution in [-0.2, 0) is 32.7 Å². The third-order valence-electron chi connectivity index (χ3n) is 8.66. The van der Waals surface area contributed by atoms with Gasteiger partial charge in [0, 0.05) is 12.8 Å². The average molecular weight is 753 g/mol. The fraction of sp³-hybridized carbons (Fsp3) is 0.767. The van der Waals surface area contributed by atoms with Gasteiger partial charge in [-0.05, 0) is 45.4 Å². The lowest BCUT2D eigenvalue weighted by atomic mass is 10.0. The number of carbonyl (C=O) groups is 2. The molecule has 0 fully saturated rings. The topological polar surface area (TPSA) is 108 Å². The van der Waals surface area contributed by atoms with E-state index in [1.165, 1.54) is 103 Å². The third-order valence-corrected chi connectivity index (χ3v) is 9.72. The fourth-order valence-electron chi connectivity index (χ4n) is 5.64. The molecule has 0 aliphatic heterocycles. The van der Waals surface area contributed by atoms with E-state index < -0.39 is 26.5 Å². The highest BCUT2D eigenvalue weighted by Gasteiger charge is 2.25. The number of hydrogen-bond donors (Lipinski definition) is 1. The highest BCUT2D eigenvalue weighted by atomic mass is 31.2. The number of unbranched alkanes of at least 4 members (excludes halogenated alkanes) is 18. The molecule has 0 aromatic rings. The van der Waals surface area contributed by atoms with Gasteiger partial charge in [-0.1, -0.05) is 178 Å². The summed E-state index contributed by atoms with van der Waals surface area (Å²) in [5.74, 6) is -0.889. The zero-order valence-corrected chi connectivity index (χ0v) is 34.3. The van der Waals surface area contributed by atoms with Crippen molar-refractivity contribution in [1.29, 1.82) is 0 Å². The molecule has 2 atom stereocenters. The Morgan fingerprint density at radius 1 is 0.538 bits per heavy atom. The van der Waals surface area contributed by atoms with Crippen molar-refractivity contribution in [2.45, 2.75) is 194 Å². The minimum atomic E-state index is -4.29. The van der Waals surface area contributed by atoms with Gasteiger partial charge in [-0.15, -0.1) is 0 Å². The van der Waals surface area contributed by atoms with Crippen molar-refractivity contribution in [3.05, 3.63) is 48.6 Å². The van der Waals surface area contributed by atoms with Crippen LogP contribution in [0.25, 0.3) is 0 Å². The molecule has 302 valence electrons. The first kappa shape index (κ1) is 50.0. The summed E-state index contributed by atoms with van der Waals surface area (Å²) < 4.78 is 32.5. The summed E-state index contributed by atoms with van der Waals surface area (Å²) >= 11 is 0. The van der Waals surface area contributed by atoms with E-state index in [0.717, 1.165) is 44.9 Å². The Hall–Kier alpha value is -1.99. The Morgan fingerprint density at radius 3 is 1.44 bits per heavy atom. The Labute approximate surface area is 318 Å². The van der Waals surface area contributed by atoms with Crippen molar-refractivity contribution < 1.29 is 37.6 Å². The zero-order valence-electron chi connectivity index (χ0n) is 33.5. The van der Waals surface area contributed by atoms with Crippen LogP contribution in [0, 0.1) is 0 Å². The standard InChI is InChI=1S/C43H77O8P/c1-4-7-9-11-13-15-17-19-20-21-22-23-24-26-27-29-31-33-35-37-42(44)48-39-41(40-50-52(46,47)49-6-3)51-43(45)38-36-34-32-30-28-25-18-16-14-12-10-8-5-2/h8,10,14,16,25,28,32,34,41H,4-7,9,11-13,15,17-24,26-27,29-31,33,35-40H2,1-3H3,(H,46,47)/b10-8-,16-14-,28-25-,34-32-. The second kappa shape index (κ2) is 38.7. The smallest absolute Gasteiger partial charge is 0.462 e.